The fraction of sp³-hybridized carbons (Fsp3) is 0.533. The van der Waals surface area contributed by atoms with Crippen molar-refractivity contribution >= 4 is 17.7 Å². The molecule has 1 aromatic rings. The van der Waals surface area contributed by atoms with Gasteiger partial charge in [-0.2, -0.15) is 0 Å². The van der Waals surface area contributed by atoms with Gasteiger partial charge >= 0.3 is 0 Å². The van der Waals surface area contributed by atoms with Gasteiger partial charge in [0.1, 0.15) is 5.25 Å². The van der Waals surface area contributed by atoms with Gasteiger partial charge in [0.15, 0.2) is 0 Å². The maximum absolute atomic E-state index is 12.8. The summed E-state index contributed by atoms with van der Waals surface area (Å²) in [6.45, 7) is 4.78. The molecule has 3 nitrogen and oxygen atoms in total. The van der Waals surface area contributed by atoms with E-state index in [1.54, 1.807) is 11.8 Å². The summed E-state index contributed by atoms with van der Waals surface area (Å²) in [6.07, 6.45) is 1.09. The maximum Gasteiger partial charge on any atom is 0.240 e. The van der Waals surface area contributed by atoms with Gasteiger partial charge in [-0.1, -0.05) is 24.3 Å². The van der Waals surface area contributed by atoms with Gasteiger partial charge in [0.25, 0.3) is 0 Å². The Bertz CT molecular complexity index is 477. The van der Waals surface area contributed by atoms with Gasteiger partial charge in [-0.15, -0.1) is 11.8 Å². The number of rotatable bonds is 1. The zero-order chi connectivity index (χ0) is 13.2. The first-order valence-electron chi connectivity index (χ1n) is 6.98. The summed E-state index contributed by atoms with van der Waals surface area (Å²) in [7, 11) is 0. The van der Waals surface area contributed by atoms with Gasteiger partial charge in [0, 0.05) is 25.7 Å². The molecule has 1 amide bonds. The van der Waals surface area contributed by atoms with E-state index in [9.17, 15) is 4.79 Å². The number of thioether (sulfide) groups is 1. The number of nitrogens with one attached hydrogen (secondary N) is 1. The van der Waals surface area contributed by atoms with E-state index in [1.165, 1.54) is 11.1 Å². The predicted molar refractivity (Wildman–Crippen MR) is 79.4 cm³/mol. The number of hydrogen-bond acceptors (Lipinski definition) is 3. The minimum atomic E-state index is 0.00509. The van der Waals surface area contributed by atoms with E-state index in [0.717, 1.165) is 31.8 Å². The molecule has 4 heteroatoms. The van der Waals surface area contributed by atoms with E-state index >= 15 is 0 Å². The lowest BCUT2D eigenvalue weighted by Gasteiger charge is -2.37. The smallest absolute Gasteiger partial charge is 0.240 e. The monoisotopic (exact) mass is 276 g/mol. The van der Waals surface area contributed by atoms with Crippen molar-refractivity contribution in [2.75, 3.05) is 25.4 Å². The number of carbonyl (C=O) groups is 1. The van der Waals surface area contributed by atoms with Crippen LogP contribution < -0.4 is 5.32 Å². The number of hydrogen-bond donors (Lipinski definition) is 1. The van der Waals surface area contributed by atoms with Crippen LogP contribution in [0, 0.1) is 0 Å². The third-order valence-corrected chi connectivity index (χ3v) is 5.23. The quantitative estimate of drug-likeness (QED) is 0.849. The number of aryl methyl sites for hydroxylation is 1. The fourth-order valence-electron chi connectivity index (χ4n) is 2.92. The van der Waals surface area contributed by atoms with Gasteiger partial charge in [0.2, 0.25) is 5.91 Å². The molecule has 3 rings (SSSR count). The van der Waals surface area contributed by atoms with Crippen LogP contribution >= 0.6 is 11.8 Å². The first-order valence-corrected chi connectivity index (χ1v) is 8.03. The molecule has 0 aliphatic carbocycles. The Balaban J connectivity index is 1.84. The summed E-state index contributed by atoms with van der Waals surface area (Å²) in [6, 6.07) is 8.71. The van der Waals surface area contributed by atoms with E-state index in [2.05, 4.69) is 35.3 Å². The Morgan fingerprint density at radius 2 is 2.26 bits per heavy atom. The lowest BCUT2D eigenvalue weighted by Crippen LogP contribution is -2.53. The van der Waals surface area contributed by atoms with E-state index < -0.39 is 0 Å². The number of fused-ring (bicyclic) bond motifs is 1. The third-order valence-electron chi connectivity index (χ3n) is 4.00. The number of piperazine rings is 1. The Morgan fingerprint density at radius 3 is 3.11 bits per heavy atom. The average molecular weight is 276 g/mol. The summed E-state index contributed by atoms with van der Waals surface area (Å²) in [5.41, 5.74) is 2.58. The summed E-state index contributed by atoms with van der Waals surface area (Å²) in [5, 5.41) is 3.35. The van der Waals surface area contributed by atoms with Gasteiger partial charge in [-0.25, -0.2) is 0 Å². The Kier molecular flexibility index (Phi) is 3.80. The first-order chi connectivity index (χ1) is 9.27. The maximum atomic E-state index is 12.8. The Morgan fingerprint density at radius 1 is 1.42 bits per heavy atom. The molecule has 2 atom stereocenters. The van der Waals surface area contributed by atoms with Gasteiger partial charge in [-0.3, -0.25) is 4.79 Å². The summed E-state index contributed by atoms with van der Waals surface area (Å²) < 4.78 is 0. The largest absolute Gasteiger partial charge is 0.336 e. The molecule has 1 aromatic carbocycles. The topological polar surface area (TPSA) is 32.3 Å². The zero-order valence-electron chi connectivity index (χ0n) is 11.3. The first kappa shape index (κ1) is 13.0. The molecule has 19 heavy (non-hydrogen) atoms. The van der Waals surface area contributed by atoms with Crippen molar-refractivity contribution in [3.63, 3.8) is 0 Å². The molecular formula is C15H20N2OS. The van der Waals surface area contributed by atoms with Crippen LogP contribution in [0.4, 0.5) is 0 Å². The lowest BCUT2D eigenvalue weighted by molar-refractivity contribution is -0.133. The van der Waals surface area contributed by atoms with Crippen LogP contribution in [-0.2, 0) is 11.2 Å². The minimum Gasteiger partial charge on any atom is -0.336 e. The third kappa shape index (κ3) is 2.51. The van der Waals surface area contributed by atoms with Crippen LogP contribution in [0.25, 0.3) is 0 Å². The van der Waals surface area contributed by atoms with Crippen molar-refractivity contribution in [1.82, 2.24) is 10.2 Å². The predicted octanol–water partition coefficient (Wildman–Crippen LogP) is 1.84. The lowest BCUT2D eigenvalue weighted by atomic mass is 10.00. The fourth-order valence-corrected chi connectivity index (χ4v) is 4.18. The molecule has 1 N–H and O–H groups in total. The summed E-state index contributed by atoms with van der Waals surface area (Å²) in [4.78, 5) is 14.9. The van der Waals surface area contributed by atoms with Crippen LogP contribution in [0.3, 0.4) is 0 Å². The molecule has 0 aromatic heterocycles. The second kappa shape index (κ2) is 5.55. The molecule has 0 radical (unpaired) electrons. The van der Waals surface area contributed by atoms with Crippen LogP contribution in [-0.4, -0.2) is 42.2 Å². The molecule has 102 valence electrons. The van der Waals surface area contributed by atoms with E-state index in [1.807, 2.05) is 6.07 Å². The highest BCUT2D eigenvalue weighted by atomic mass is 32.2. The van der Waals surface area contributed by atoms with Crippen molar-refractivity contribution in [3.05, 3.63) is 35.4 Å². The van der Waals surface area contributed by atoms with Crippen molar-refractivity contribution < 1.29 is 4.79 Å². The molecule has 0 unspecified atom stereocenters. The number of amides is 1. The molecule has 0 spiro atoms. The SMILES string of the molecule is C[C@@H]1CNCCN1C(=O)[C@@H]1SCCc2ccccc21. The second-order valence-electron chi connectivity index (χ2n) is 5.28. The summed E-state index contributed by atoms with van der Waals surface area (Å²) in [5.74, 6) is 1.35. The molecule has 1 saturated heterocycles. The minimum absolute atomic E-state index is 0.00509. The number of nitrogens with zero attached hydrogens (tertiary/aromatic N) is 1. The molecule has 0 bridgehead atoms. The van der Waals surface area contributed by atoms with Crippen LogP contribution in [0.1, 0.15) is 23.3 Å². The van der Waals surface area contributed by atoms with E-state index in [4.69, 9.17) is 0 Å². The standard InChI is InChI=1S/C15H20N2OS/c1-11-10-16-7-8-17(11)15(18)14-13-5-3-2-4-12(13)6-9-19-14/h2-5,11,14,16H,6-10H2,1H3/t11-,14-/m1/s1. The van der Waals surface area contributed by atoms with Crippen LogP contribution in [0.5, 0.6) is 0 Å². The number of benzene rings is 1. The average Bonchev–Trinajstić information content (AvgIpc) is 2.46. The van der Waals surface area contributed by atoms with E-state index in [0.29, 0.717) is 11.9 Å². The summed E-state index contributed by atoms with van der Waals surface area (Å²) >= 11 is 1.80. The molecular weight excluding hydrogens is 256 g/mol. The highest BCUT2D eigenvalue weighted by Crippen LogP contribution is 2.38. The Hall–Kier alpha value is -1.00. The highest BCUT2D eigenvalue weighted by molar-refractivity contribution is 8.00. The molecule has 2 heterocycles. The molecule has 2 aliphatic heterocycles. The van der Waals surface area contributed by atoms with Gasteiger partial charge in [-0.05, 0) is 30.2 Å². The zero-order valence-corrected chi connectivity index (χ0v) is 12.1. The number of carbonyl (C=O) groups excluding carboxylic acids is 1. The Labute approximate surface area is 118 Å². The van der Waals surface area contributed by atoms with Crippen molar-refractivity contribution in [1.29, 1.82) is 0 Å². The second-order valence-corrected chi connectivity index (χ2v) is 6.50. The highest BCUT2D eigenvalue weighted by Gasteiger charge is 2.33. The normalized spacial score (nSPS) is 26.9. The van der Waals surface area contributed by atoms with E-state index in [-0.39, 0.29) is 5.25 Å². The van der Waals surface area contributed by atoms with Crippen LogP contribution in [0.15, 0.2) is 24.3 Å². The van der Waals surface area contributed by atoms with Gasteiger partial charge in [0.05, 0.1) is 0 Å². The van der Waals surface area contributed by atoms with Gasteiger partial charge < -0.3 is 10.2 Å². The van der Waals surface area contributed by atoms with Crippen LogP contribution in [0.2, 0.25) is 0 Å². The van der Waals surface area contributed by atoms with Crippen molar-refractivity contribution in [3.8, 4) is 0 Å². The molecule has 0 saturated carbocycles. The van der Waals surface area contributed by atoms with Crippen molar-refractivity contribution in [2.45, 2.75) is 24.6 Å². The van der Waals surface area contributed by atoms with Crippen molar-refractivity contribution in [2.24, 2.45) is 0 Å². The molecule has 2 aliphatic rings. The molecule has 1 fully saturated rings.